The van der Waals surface area contributed by atoms with Gasteiger partial charge in [0, 0.05) is 5.92 Å². The summed E-state index contributed by atoms with van der Waals surface area (Å²) in [6, 6.07) is 6.14. The zero-order chi connectivity index (χ0) is 14.8. The smallest absolute Gasteiger partial charge is 0.358 e. The zero-order valence-corrected chi connectivity index (χ0v) is 11.2. The van der Waals surface area contributed by atoms with Crippen molar-refractivity contribution < 1.29 is 19.0 Å². The molecule has 1 N–H and O–H groups in total. The van der Waals surface area contributed by atoms with Gasteiger partial charge < -0.3 is 9.84 Å². The van der Waals surface area contributed by atoms with Crippen LogP contribution in [-0.2, 0) is 6.54 Å². The normalized spacial score (nSPS) is 14.1. The lowest BCUT2D eigenvalue weighted by molar-refractivity contribution is 0.0689. The van der Waals surface area contributed by atoms with Crippen LogP contribution in [0, 0.1) is 5.82 Å². The predicted molar refractivity (Wildman–Crippen MR) is 70.9 cm³/mol. The van der Waals surface area contributed by atoms with Gasteiger partial charge in [-0.15, -0.1) is 5.10 Å². The van der Waals surface area contributed by atoms with Crippen LogP contribution >= 0.6 is 0 Å². The van der Waals surface area contributed by atoms with Gasteiger partial charge in [0.2, 0.25) is 0 Å². The number of carboxylic acid groups (broad SMARTS) is 1. The molecular weight excluding hydrogens is 277 g/mol. The number of para-hydroxylation sites is 1. The van der Waals surface area contributed by atoms with E-state index in [0.29, 0.717) is 12.2 Å². The molecule has 110 valence electrons. The van der Waals surface area contributed by atoms with Crippen LogP contribution in [0.25, 0.3) is 0 Å². The van der Waals surface area contributed by atoms with Crippen molar-refractivity contribution in [2.24, 2.45) is 0 Å². The first-order chi connectivity index (χ1) is 10.2. The number of ether oxygens (including phenoxy) is 1. The van der Waals surface area contributed by atoms with Crippen molar-refractivity contribution in [3.63, 3.8) is 0 Å². The highest BCUT2D eigenvalue weighted by Crippen LogP contribution is 2.41. The highest BCUT2D eigenvalue weighted by Gasteiger charge is 2.33. The Hall–Kier alpha value is -2.44. The van der Waals surface area contributed by atoms with Gasteiger partial charge in [0.1, 0.15) is 6.61 Å². The number of aromatic nitrogens is 3. The molecule has 0 amide bonds. The highest BCUT2D eigenvalue weighted by atomic mass is 19.1. The molecule has 2 aromatic rings. The van der Waals surface area contributed by atoms with Crippen LogP contribution in [0.3, 0.4) is 0 Å². The molecule has 1 aromatic heterocycles. The molecule has 0 aliphatic heterocycles. The molecule has 1 heterocycles. The van der Waals surface area contributed by atoms with Gasteiger partial charge in [0.05, 0.1) is 12.2 Å². The van der Waals surface area contributed by atoms with Gasteiger partial charge in [-0.3, -0.25) is 0 Å². The lowest BCUT2D eigenvalue weighted by atomic mass is 10.2. The third-order valence-electron chi connectivity index (χ3n) is 3.34. The number of halogens is 1. The minimum Gasteiger partial charge on any atom is -0.489 e. The summed E-state index contributed by atoms with van der Waals surface area (Å²) in [4.78, 5) is 11.1. The number of benzene rings is 1. The monoisotopic (exact) mass is 291 g/mol. The first kappa shape index (κ1) is 13.5. The maximum Gasteiger partial charge on any atom is 0.358 e. The van der Waals surface area contributed by atoms with Gasteiger partial charge in [-0.05, 0) is 25.0 Å². The fourth-order valence-electron chi connectivity index (χ4n) is 2.20. The van der Waals surface area contributed by atoms with Crippen LogP contribution in [0.15, 0.2) is 24.3 Å². The first-order valence-electron chi connectivity index (χ1n) is 6.71. The quantitative estimate of drug-likeness (QED) is 0.881. The Bertz CT molecular complexity index is 667. The van der Waals surface area contributed by atoms with Crippen molar-refractivity contribution in [1.82, 2.24) is 15.0 Å². The molecular formula is C14H14FN3O3. The number of nitrogens with zero attached hydrogens (tertiary/aromatic N) is 3. The fraction of sp³-hybridized carbons (Fsp3) is 0.357. The third kappa shape index (κ3) is 2.86. The van der Waals surface area contributed by atoms with Crippen LogP contribution in [0.4, 0.5) is 4.39 Å². The van der Waals surface area contributed by atoms with Crippen molar-refractivity contribution in [1.29, 1.82) is 0 Å². The molecule has 0 radical (unpaired) electrons. The number of rotatable bonds is 6. The second-order valence-corrected chi connectivity index (χ2v) is 4.90. The average Bonchev–Trinajstić information content (AvgIpc) is 3.21. The number of hydrogen-bond donors (Lipinski definition) is 1. The van der Waals surface area contributed by atoms with E-state index in [2.05, 4.69) is 10.3 Å². The van der Waals surface area contributed by atoms with E-state index in [4.69, 9.17) is 9.84 Å². The second-order valence-electron chi connectivity index (χ2n) is 4.90. The summed E-state index contributed by atoms with van der Waals surface area (Å²) < 4.78 is 20.3. The van der Waals surface area contributed by atoms with Crippen LogP contribution < -0.4 is 4.74 Å². The van der Waals surface area contributed by atoms with Crippen molar-refractivity contribution in [3.8, 4) is 5.75 Å². The fourth-order valence-corrected chi connectivity index (χ4v) is 2.20. The lowest BCUT2D eigenvalue weighted by Gasteiger charge is -2.08. The van der Waals surface area contributed by atoms with E-state index in [1.54, 1.807) is 22.9 Å². The summed E-state index contributed by atoms with van der Waals surface area (Å²) in [7, 11) is 0. The van der Waals surface area contributed by atoms with Gasteiger partial charge in [-0.1, -0.05) is 17.3 Å². The van der Waals surface area contributed by atoms with Gasteiger partial charge >= 0.3 is 5.97 Å². The Morgan fingerprint density at radius 1 is 1.43 bits per heavy atom. The van der Waals surface area contributed by atoms with E-state index in [1.165, 1.54) is 6.07 Å². The van der Waals surface area contributed by atoms with E-state index in [1.807, 2.05) is 0 Å². The number of carboxylic acids is 1. The summed E-state index contributed by atoms with van der Waals surface area (Å²) >= 11 is 0. The number of hydrogen-bond acceptors (Lipinski definition) is 4. The maximum absolute atomic E-state index is 13.4. The van der Waals surface area contributed by atoms with Crippen molar-refractivity contribution in [3.05, 3.63) is 41.5 Å². The standard InChI is InChI=1S/C14H14FN3O3/c15-10-3-1-2-4-11(10)21-8-7-18-13(9-5-6-9)12(14(19)20)16-17-18/h1-4,9H,5-8H2,(H,19,20). The van der Waals surface area contributed by atoms with Crippen molar-refractivity contribution in [2.75, 3.05) is 6.61 Å². The third-order valence-corrected chi connectivity index (χ3v) is 3.34. The first-order valence-corrected chi connectivity index (χ1v) is 6.71. The molecule has 1 saturated carbocycles. The summed E-state index contributed by atoms with van der Waals surface area (Å²) in [5.41, 5.74) is 0.642. The molecule has 0 saturated heterocycles. The Morgan fingerprint density at radius 3 is 2.86 bits per heavy atom. The van der Waals surface area contributed by atoms with E-state index in [9.17, 15) is 9.18 Å². The Labute approximate surface area is 120 Å². The van der Waals surface area contributed by atoms with E-state index in [-0.39, 0.29) is 24.0 Å². The molecule has 0 bridgehead atoms. The molecule has 6 nitrogen and oxygen atoms in total. The Morgan fingerprint density at radius 2 is 2.19 bits per heavy atom. The topological polar surface area (TPSA) is 77.2 Å². The molecule has 3 rings (SSSR count). The molecule has 1 aromatic carbocycles. The summed E-state index contributed by atoms with van der Waals surface area (Å²) in [6.07, 6.45) is 1.89. The molecule has 21 heavy (non-hydrogen) atoms. The van der Waals surface area contributed by atoms with Gasteiger partial charge in [0.15, 0.2) is 17.3 Å². The SMILES string of the molecule is O=C(O)c1nnn(CCOc2ccccc2F)c1C1CC1. The number of carbonyl (C=O) groups is 1. The van der Waals surface area contributed by atoms with Crippen LogP contribution in [0.5, 0.6) is 5.75 Å². The van der Waals surface area contributed by atoms with Crippen molar-refractivity contribution in [2.45, 2.75) is 25.3 Å². The minimum atomic E-state index is -1.07. The van der Waals surface area contributed by atoms with Crippen molar-refractivity contribution >= 4 is 5.97 Å². The molecule has 0 atom stereocenters. The van der Waals surface area contributed by atoms with Gasteiger partial charge in [0.25, 0.3) is 0 Å². The van der Waals surface area contributed by atoms with Gasteiger partial charge in [-0.2, -0.15) is 0 Å². The maximum atomic E-state index is 13.4. The van der Waals surface area contributed by atoms with E-state index in [0.717, 1.165) is 12.8 Å². The second kappa shape index (κ2) is 5.51. The van der Waals surface area contributed by atoms with E-state index < -0.39 is 11.8 Å². The van der Waals surface area contributed by atoms with Crippen LogP contribution in [-0.4, -0.2) is 32.7 Å². The van der Waals surface area contributed by atoms with Crippen LogP contribution in [0.1, 0.15) is 34.9 Å². The summed E-state index contributed by atoms with van der Waals surface area (Å²) in [6.45, 7) is 0.531. The largest absolute Gasteiger partial charge is 0.489 e. The molecule has 1 fully saturated rings. The average molecular weight is 291 g/mol. The zero-order valence-electron chi connectivity index (χ0n) is 11.2. The predicted octanol–water partition coefficient (Wildman–Crippen LogP) is 2.07. The molecule has 0 spiro atoms. The Balaban J connectivity index is 1.68. The molecule has 7 heteroatoms. The molecule has 1 aliphatic carbocycles. The summed E-state index contributed by atoms with van der Waals surface area (Å²) in [5.74, 6) is -1.12. The highest BCUT2D eigenvalue weighted by molar-refractivity contribution is 5.86. The van der Waals surface area contributed by atoms with E-state index >= 15 is 0 Å². The molecule has 1 aliphatic rings. The number of aromatic carboxylic acids is 1. The lowest BCUT2D eigenvalue weighted by Crippen LogP contribution is -2.13. The Kier molecular flexibility index (Phi) is 3.55. The van der Waals surface area contributed by atoms with Crippen LogP contribution in [0.2, 0.25) is 0 Å². The summed E-state index contributed by atoms with van der Waals surface area (Å²) in [5, 5.41) is 16.7. The minimum absolute atomic E-state index is 0.00314. The molecule has 0 unspecified atom stereocenters. The van der Waals surface area contributed by atoms with Gasteiger partial charge in [-0.25, -0.2) is 13.9 Å².